The fourth-order valence-corrected chi connectivity index (χ4v) is 3.78. The lowest BCUT2D eigenvalue weighted by molar-refractivity contribution is -0.137. The van der Waals surface area contributed by atoms with E-state index in [1.165, 1.54) is 17.1 Å². The molecule has 2 aromatic rings. The number of piperidine rings is 1. The summed E-state index contributed by atoms with van der Waals surface area (Å²) in [6.07, 6.45) is 0.0135. The van der Waals surface area contributed by atoms with Crippen LogP contribution in [0.25, 0.3) is 11.3 Å². The molecule has 4 N–H and O–H groups in total. The zero-order valence-electron chi connectivity index (χ0n) is 16.6. The predicted molar refractivity (Wildman–Crippen MR) is 105 cm³/mol. The van der Waals surface area contributed by atoms with E-state index in [0.717, 1.165) is 6.20 Å². The first kappa shape index (κ1) is 22.6. The standard InChI is InChI=1S/C17H24F3N7O2S/c1-16(2,28)10-26-9-11(7-23-26)14-13(17(18,19)20)8-22-15(25-14)24-12-3-5-27(6-4-12)30(21)29/h7-9,12,28H,3-6,10,21H2,1-2H3,(H,22,24,25). The maximum atomic E-state index is 13.5. The number of hydrogen-bond donors (Lipinski definition) is 3. The minimum Gasteiger partial charge on any atom is -0.389 e. The van der Waals surface area contributed by atoms with E-state index >= 15 is 0 Å². The van der Waals surface area contributed by atoms with Crippen LogP contribution in [0.5, 0.6) is 0 Å². The first-order chi connectivity index (χ1) is 13.9. The lowest BCUT2D eigenvalue weighted by Gasteiger charge is -2.30. The summed E-state index contributed by atoms with van der Waals surface area (Å²) < 4.78 is 54.8. The normalized spacial score (nSPS) is 17.8. The number of halogens is 3. The molecular formula is C17H24F3N7O2S. The van der Waals surface area contributed by atoms with Crippen molar-refractivity contribution in [2.24, 2.45) is 5.14 Å². The molecule has 0 bridgehead atoms. The van der Waals surface area contributed by atoms with Gasteiger partial charge in [0.2, 0.25) is 5.95 Å². The molecule has 1 aliphatic rings. The molecule has 3 heterocycles. The van der Waals surface area contributed by atoms with Crippen LogP contribution in [0.4, 0.5) is 19.1 Å². The van der Waals surface area contributed by atoms with Gasteiger partial charge in [0.15, 0.2) is 11.2 Å². The van der Waals surface area contributed by atoms with Crippen molar-refractivity contribution in [2.45, 2.75) is 51.1 Å². The van der Waals surface area contributed by atoms with E-state index in [9.17, 15) is 22.5 Å². The quantitative estimate of drug-likeness (QED) is 0.618. The van der Waals surface area contributed by atoms with Gasteiger partial charge in [-0.3, -0.25) is 4.68 Å². The highest BCUT2D eigenvalue weighted by molar-refractivity contribution is 7.80. The van der Waals surface area contributed by atoms with Crippen LogP contribution in [-0.4, -0.2) is 58.1 Å². The zero-order valence-corrected chi connectivity index (χ0v) is 17.4. The second-order valence-electron chi connectivity index (χ2n) is 7.82. The summed E-state index contributed by atoms with van der Waals surface area (Å²) in [5, 5.41) is 22.4. The number of nitrogens with two attached hydrogens (primary N) is 1. The number of hydrogen-bond acceptors (Lipinski definition) is 6. The predicted octanol–water partition coefficient (Wildman–Crippen LogP) is 1.54. The van der Waals surface area contributed by atoms with Crippen LogP contribution < -0.4 is 10.5 Å². The summed E-state index contributed by atoms with van der Waals surface area (Å²) in [4.78, 5) is 7.95. The van der Waals surface area contributed by atoms with Gasteiger partial charge in [0.1, 0.15) is 5.56 Å². The molecule has 1 fully saturated rings. The van der Waals surface area contributed by atoms with Crippen LogP contribution in [0.3, 0.4) is 0 Å². The van der Waals surface area contributed by atoms with Crippen molar-refractivity contribution in [3.63, 3.8) is 0 Å². The first-order valence-corrected chi connectivity index (χ1v) is 10.5. The molecule has 9 nitrogen and oxygen atoms in total. The van der Waals surface area contributed by atoms with Crippen molar-refractivity contribution < 1.29 is 22.5 Å². The van der Waals surface area contributed by atoms with Crippen LogP contribution in [0, 0.1) is 0 Å². The van der Waals surface area contributed by atoms with Crippen molar-refractivity contribution in [1.29, 1.82) is 0 Å². The summed E-state index contributed by atoms with van der Waals surface area (Å²) >= 11 is -1.54. The molecule has 0 amide bonds. The molecule has 30 heavy (non-hydrogen) atoms. The molecule has 1 unspecified atom stereocenters. The van der Waals surface area contributed by atoms with Gasteiger partial charge in [0.25, 0.3) is 0 Å². The maximum Gasteiger partial charge on any atom is 0.419 e. The van der Waals surface area contributed by atoms with Crippen LogP contribution in [-0.2, 0) is 23.9 Å². The maximum absolute atomic E-state index is 13.5. The monoisotopic (exact) mass is 447 g/mol. The largest absolute Gasteiger partial charge is 0.419 e. The number of aliphatic hydroxyl groups is 1. The van der Waals surface area contributed by atoms with E-state index in [1.807, 2.05) is 0 Å². The number of nitrogens with zero attached hydrogens (tertiary/aromatic N) is 5. The molecule has 1 atom stereocenters. The Morgan fingerprint density at radius 3 is 2.53 bits per heavy atom. The highest BCUT2D eigenvalue weighted by Gasteiger charge is 2.36. The van der Waals surface area contributed by atoms with E-state index in [1.54, 1.807) is 18.2 Å². The molecular weight excluding hydrogens is 423 g/mol. The molecule has 0 saturated carbocycles. The van der Waals surface area contributed by atoms with Crippen LogP contribution in [0.2, 0.25) is 0 Å². The number of anilines is 1. The number of alkyl halides is 3. The second kappa shape index (κ2) is 8.57. The Hall–Kier alpha value is -2.09. The van der Waals surface area contributed by atoms with E-state index in [0.29, 0.717) is 25.9 Å². The van der Waals surface area contributed by atoms with Gasteiger partial charge >= 0.3 is 6.18 Å². The lowest BCUT2D eigenvalue weighted by Crippen LogP contribution is -2.42. The topological polar surface area (TPSA) is 122 Å². The molecule has 0 spiro atoms. The average molecular weight is 447 g/mol. The van der Waals surface area contributed by atoms with Gasteiger partial charge in [0, 0.05) is 37.1 Å². The Kier molecular flexibility index (Phi) is 6.45. The Labute approximate surface area is 174 Å². The van der Waals surface area contributed by atoms with Gasteiger partial charge in [0.05, 0.1) is 24.0 Å². The minimum atomic E-state index is -4.64. The third-order valence-corrected chi connectivity index (χ3v) is 5.47. The Morgan fingerprint density at radius 2 is 1.97 bits per heavy atom. The van der Waals surface area contributed by atoms with E-state index in [-0.39, 0.29) is 29.8 Å². The fourth-order valence-electron chi connectivity index (χ4n) is 3.21. The highest BCUT2D eigenvalue weighted by Crippen LogP contribution is 2.36. The van der Waals surface area contributed by atoms with E-state index in [4.69, 9.17) is 5.14 Å². The van der Waals surface area contributed by atoms with Crippen molar-refractivity contribution in [2.75, 3.05) is 18.4 Å². The molecule has 1 saturated heterocycles. The number of nitrogens with one attached hydrogen (secondary N) is 1. The van der Waals surface area contributed by atoms with Gasteiger partial charge in [-0.1, -0.05) is 0 Å². The molecule has 0 aliphatic carbocycles. The molecule has 2 aromatic heterocycles. The smallest absolute Gasteiger partial charge is 0.389 e. The SMILES string of the molecule is CC(C)(O)Cn1cc(-c2nc(NC3CCN(S(N)=O)CC3)ncc2C(F)(F)F)cn1. The third-order valence-electron chi connectivity index (χ3n) is 4.59. The first-order valence-electron chi connectivity index (χ1n) is 9.29. The van der Waals surface area contributed by atoms with Crippen molar-refractivity contribution >= 4 is 17.1 Å². The highest BCUT2D eigenvalue weighted by atomic mass is 32.2. The lowest BCUT2D eigenvalue weighted by atomic mass is 10.1. The summed E-state index contributed by atoms with van der Waals surface area (Å²) in [5.41, 5.74) is -2.16. The van der Waals surface area contributed by atoms with Crippen molar-refractivity contribution in [3.8, 4) is 11.3 Å². The molecule has 0 aromatic carbocycles. The van der Waals surface area contributed by atoms with Crippen LogP contribution in [0.15, 0.2) is 18.6 Å². The van der Waals surface area contributed by atoms with Crippen LogP contribution in [0.1, 0.15) is 32.3 Å². The minimum absolute atomic E-state index is 0.0700. The van der Waals surface area contributed by atoms with Crippen molar-refractivity contribution in [3.05, 3.63) is 24.2 Å². The molecule has 1 aliphatic heterocycles. The molecule has 166 valence electrons. The summed E-state index contributed by atoms with van der Waals surface area (Å²) in [5.74, 6) is 0.0700. The van der Waals surface area contributed by atoms with Gasteiger partial charge < -0.3 is 10.4 Å². The summed E-state index contributed by atoms with van der Waals surface area (Å²) in [6, 6.07) is -0.0766. The molecule has 3 rings (SSSR count). The van der Waals surface area contributed by atoms with E-state index in [2.05, 4.69) is 20.4 Å². The molecule has 0 radical (unpaired) electrons. The van der Waals surface area contributed by atoms with Gasteiger partial charge in [-0.2, -0.15) is 18.3 Å². The fraction of sp³-hybridized carbons (Fsp3) is 0.588. The average Bonchev–Trinajstić information content (AvgIpc) is 3.07. The summed E-state index contributed by atoms with van der Waals surface area (Å²) in [6.45, 7) is 4.27. The van der Waals surface area contributed by atoms with E-state index < -0.39 is 28.5 Å². The van der Waals surface area contributed by atoms with Gasteiger partial charge in [-0.25, -0.2) is 23.6 Å². The van der Waals surface area contributed by atoms with Crippen molar-refractivity contribution in [1.82, 2.24) is 24.1 Å². The Morgan fingerprint density at radius 1 is 1.30 bits per heavy atom. The Balaban J connectivity index is 1.84. The summed E-state index contributed by atoms with van der Waals surface area (Å²) in [7, 11) is 0. The Bertz CT molecular complexity index is 905. The van der Waals surface area contributed by atoms with Gasteiger partial charge in [-0.05, 0) is 26.7 Å². The zero-order chi connectivity index (χ0) is 22.1. The number of aromatic nitrogens is 4. The molecule has 13 heteroatoms. The second-order valence-corrected chi connectivity index (χ2v) is 8.89. The number of rotatable bonds is 6. The van der Waals surface area contributed by atoms with Gasteiger partial charge in [-0.15, -0.1) is 0 Å². The van der Waals surface area contributed by atoms with Crippen LogP contribution >= 0.6 is 0 Å². The third kappa shape index (κ3) is 5.74.